The maximum absolute atomic E-state index is 12.4. The van der Waals surface area contributed by atoms with Crippen LogP contribution < -0.4 is 5.32 Å². The Morgan fingerprint density at radius 3 is 2.66 bits per heavy atom. The minimum absolute atomic E-state index is 0.121. The number of nitrogens with one attached hydrogen (secondary N) is 1. The Morgan fingerprint density at radius 2 is 1.97 bits per heavy atom. The van der Waals surface area contributed by atoms with Gasteiger partial charge in [0.15, 0.2) is 10.6 Å². The second-order valence-electron chi connectivity index (χ2n) is 6.81. The molecule has 0 unspecified atom stereocenters. The highest BCUT2D eigenvalue weighted by molar-refractivity contribution is 7.71. The van der Waals surface area contributed by atoms with Crippen LogP contribution in [0.15, 0.2) is 42.6 Å². The van der Waals surface area contributed by atoms with Gasteiger partial charge in [-0.2, -0.15) is 5.10 Å². The van der Waals surface area contributed by atoms with E-state index in [1.807, 2.05) is 47.9 Å². The molecule has 1 aromatic carbocycles. The maximum Gasteiger partial charge on any atom is 0.227 e. The summed E-state index contributed by atoms with van der Waals surface area (Å²) in [6.07, 6.45) is 3.97. The molecule has 1 N–H and O–H groups in total. The number of pyridine rings is 1. The van der Waals surface area contributed by atoms with Crippen molar-refractivity contribution >= 4 is 35.5 Å². The topological polar surface area (TPSA) is 64.7 Å². The second kappa shape index (κ2) is 9.80. The zero-order chi connectivity index (χ0) is 20.8. The van der Waals surface area contributed by atoms with Gasteiger partial charge in [-0.1, -0.05) is 31.0 Å². The molecule has 0 bridgehead atoms. The van der Waals surface area contributed by atoms with Gasteiger partial charge >= 0.3 is 0 Å². The predicted octanol–water partition coefficient (Wildman–Crippen LogP) is 5.27. The molecule has 3 rings (SSSR count). The van der Waals surface area contributed by atoms with Crippen LogP contribution in [-0.4, -0.2) is 25.2 Å². The van der Waals surface area contributed by atoms with E-state index in [0.29, 0.717) is 22.2 Å². The summed E-state index contributed by atoms with van der Waals surface area (Å²) in [5, 5.41) is 8.22. The lowest BCUT2D eigenvalue weighted by molar-refractivity contribution is -0.116. The Bertz CT molecular complexity index is 1040. The molecule has 152 valence electrons. The Balaban J connectivity index is 1.78. The highest BCUT2D eigenvalue weighted by Gasteiger charge is 2.14. The van der Waals surface area contributed by atoms with Gasteiger partial charge in [0, 0.05) is 29.7 Å². The van der Waals surface area contributed by atoms with Gasteiger partial charge in [0.25, 0.3) is 0 Å². The van der Waals surface area contributed by atoms with Gasteiger partial charge < -0.3 is 5.32 Å². The number of unbranched alkanes of at least 4 members (excludes halogenated alkanes) is 1. The number of aromatic nitrogens is 4. The van der Waals surface area contributed by atoms with Crippen molar-refractivity contribution in [1.29, 1.82) is 0 Å². The molecule has 0 aliphatic heterocycles. The van der Waals surface area contributed by atoms with E-state index in [9.17, 15) is 4.79 Å². The van der Waals surface area contributed by atoms with Gasteiger partial charge in [0.2, 0.25) is 5.91 Å². The van der Waals surface area contributed by atoms with Crippen molar-refractivity contribution in [2.45, 2.75) is 46.2 Å². The molecule has 2 aromatic heterocycles. The predicted molar refractivity (Wildman–Crippen MR) is 119 cm³/mol. The molecule has 0 radical (unpaired) electrons. The minimum atomic E-state index is -0.121. The van der Waals surface area contributed by atoms with E-state index in [0.717, 1.165) is 36.3 Å². The van der Waals surface area contributed by atoms with E-state index in [1.165, 1.54) is 0 Å². The number of halogens is 1. The standard InChI is InChI=1S/C21H24ClN5OS/c1-3-4-13-26-20(16-7-9-17(22)10-8-16)25-27(21(26)29)14-11-18(28)24-19-15(2)6-5-12-23-19/h5-10,12H,3-4,11,13-14H2,1-2H3,(H,23,24,28). The minimum Gasteiger partial charge on any atom is -0.310 e. The van der Waals surface area contributed by atoms with Gasteiger partial charge in [-0.25, -0.2) is 9.67 Å². The molecule has 2 heterocycles. The van der Waals surface area contributed by atoms with Gasteiger partial charge in [-0.3, -0.25) is 9.36 Å². The van der Waals surface area contributed by atoms with Crippen molar-refractivity contribution in [3.8, 4) is 11.4 Å². The molecule has 0 atom stereocenters. The smallest absolute Gasteiger partial charge is 0.227 e. The zero-order valence-electron chi connectivity index (χ0n) is 16.6. The molecule has 29 heavy (non-hydrogen) atoms. The van der Waals surface area contributed by atoms with Crippen LogP contribution in [0.3, 0.4) is 0 Å². The summed E-state index contributed by atoms with van der Waals surface area (Å²) in [5.74, 6) is 1.25. The average Bonchev–Trinajstić information content (AvgIpc) is 3.02. The SMILES string of the molecule is CCCCn1c(-c2ccc(Cl)cc2)nn(CCC(=O)Nc2ncccc2C)c1=S. The molecule has 0 saturated carbocycles. The fraction of sp³-hybridized carbons (Fsp3) is 0.333. The molecule has 6 nitrogen and oxygen atoms in total. The second-order valence-corrected chi connectivity index (χ2v) is 7.61. The van der Waals surface area contributed by atoms with Crippen LogP contribution in [0.1, 0.15) is 31.7 Å². The summed E-state index contributed by atoms with van der Waals surface area (Å²) in [7, 11) is 0. The highest BCUT2D eigenvalue weighted by atomic mass is 35.5. The molecule has 8 heteroatoms. The summed E-state index contributed by atoms with van der Waals surface area (Å²) in [5.41, 5.74) is 1.87. The molecule has 0 saturated heterocycles. The van der Waals surface area contributed by atoms with Gasteiger partial charge in [0.05, 0.1) is 6.54 Å². The quantitative estimate of drug-likeness (QED) is 0.495. The molecular weight excluding hydrogens is 406 g/mol. The van der Waals surface area contributed by atoms with E-state index >= 15 is 0 Å². The molecule has 3 aromatic rings. The molecular formula is C21H24ClN5OS. The third-order valence-electron chi connectivity index (χ3n) is 4.58. The first-order valence-electron chi connectivity index (χ1n) is 9.64. The van der Waals surface area contributed by atoms with Gasteiger partial charge in [-0.05, 0) is 61.5 Å². The van der Waals surface area contributed by atoms with E-state index in [4.69, 9.17) is 28.9 Å². The van der Waals surface area contributed by atoms with Crippen molar-refractivity contribution < 1.29 is 4.79 Å². The van der Waals surface area contributed by atoms with Crippen LogP contribution in [0.2, 0.25) is 5.02 Å². The summed E-state index contributed by atoms with van der Waals surface area (Å²) in [4.78, 5) is 16.6. The van der Waals surface area contributed by atoms with Gasteiger partial charge in [0.1, 0.15) is 5.82 Å². The number of rotatable bonds is 8. The van der Waals surface area contributed by atoms with Crippen LogP contribution >= 0.6 is 23.8 Å². The lowest BCUT2D eigenvalue weighted by atomic mass is 10.2. The molecule has 0 aliphatic rings. The molecule has 1 amide bonds. The number of carbonyl (C=O) groups is 1. The number of hydrogen-bond donors (Lipinski definition) is 1. The van der Waals surface area contributed by atoms with Crippen molar-refractivity contribution in [3.05, 3.63) is 58.0 Å². The highest BCUT2D eigenvalue weighted by Crippen LogP contribution is 2.21. The first kappa shape index (κ1) is 21.2. The molecule has 0 spiro atoms. The van der Waals surface area contributed by atoms with Crippen molar-refractivity contribution in [1.82, 2.24) is 19.3 Å². The number of hydrogen-bond acceptors (Lipinski definition) is 4. The van der Waals surface area contributed by atoms with Crippen LogP contribution in [0.4, 0.5) is 5.82 Å². The first-order valence-corrected chi connectivity index (χ1v) is 10.4. The van der Waals surface area contributed by atoms with E-state index in [2.05, 4.69) is 17.2 Å². The molecule has 0 aliphatic carbocycles. The van der Waals surface area contributed by atoms with Crippen molar-refractivity contribution in [3.63, 3.8) is 0 Å². The summed E-state index contributed by atoms with van der Waals surface area (Å²) in [6.45, 7) is 5.23. The van der Waals surface area contributed by atoms with Crippen molar-refractivity contribution in [2.24, 2.45) is 0 Å². The summed E-state index contributed by atoms with van der Waals surface area (Å²) < 4.78 is 4.37. The third-order valence-corrected chi connectivity index (χ3v) is 5.26. The normalized spacial score (nSPS) is 10.9. The molecule has 0 fully saturated rings. The number of carbonyl (C=O) groups excluding carboxylic acids is 1. The number of nitrogens with zero attached hydrogens (tertiary/aromatic N) is 4. The Hall–Kier alpha value is -2.51. The largest absolute Gasteiger partial charge is 0.310 e. The number of amides is 1. The van der Waals surface area contributed by atoms with E-state index in [-0.39, 0.29) is 12.3 Å². The van der Waals surface area contributed by atoms with Crippen LogP contribution in [0, 0.1) is 11.7 Å². The fourth-order valence-electron chi connectivity index (χ4n) is 2.94. The third kappa shape index (κ3) is 5.31. The zero-order valence-corrected chi connectivity index (χ0v) is 18.1. The van der Waals surface area contributed by atoms with Gasteiger partial charge in [-0.15, -0.1) is 0 Å². The van der Waals surface area contributed by atoms with E-state index < -0.39 is 0 Å². The lowest BCUT2D eigenvalue weighted by Gasteiger charge is -2.07. The van der Waals surface area contributed by atoms with E-state index in [1.54, 1.807) is 10.9 Å². The van der Waals surface area contributed by atoms with Crippen LogP contribution in [-0.2, 0) is 17.9 Å². The summed E-state index contributed by atoms with van der Waals surface area (Å²) in [6, 6.07) is 11.3. The van der Waals surface area contributed by atoms with Crippen molar-refractivity contribution in [2.75, 3.05) is 5.32 Å². The monoisotopic (exact) mass is 429 g/mol. The Morgan fingerprint density at radius 1 is 1.21 bits per heavy atom. The number of anilines is 1. The number of aryl methyl sites for hydroxylation is 2. The first-order chi connectivity index (χ1) is 14.0. The lowest BCUT2D eigenvalue weighted by Crippen LogP contribution is -2.16. The average molecular weight is 430 g/mol. The van der Waals surface area contributed by atoms with Crippen LogP contribution in [0.5, 0.6) is 0 Å². The summed E-state index contributed by atoms with van der Waals surface area (Å²) >= 11 is 11.7. The fourth-order valence-corrected chi connectivity index (χ4v) is 3.37. The Kier molecular flexibility index (Phi) is 7.17. The van der Waals surface area contributed by atoms with Crippen LogP contribution in [0.25, 0.3) is 11.4 Å². The Labute approximate surface area is 180 Å². The number of benzene rings is 1. The maximum atomic E-state index is 12.4.